The Bertz CT molecular complexity index is 1060. The zero-order chi connectivity index (χ0) is 24.0. The molecule has 1 heterocycles. The van der Waals surface area contributed by atoms with Crippen LogP contribution in [0.25, 0.3) is 0 Å². The third-order valence-corrected chi connectivity index (χ3v) is 12.5. The fourth-order valence-corrected chi connectivity index (χ4v) is 9.99. The van der Waals surface area contributed by atoms with Gasteiger partial charge in [-0.3, -0.25) is 9.59 Å². The van der Waals surface area contributed by atoms with E-state index in [1.54, 1.807) is 0 Å². The van der Waals surface area contributed by atoms with Crippen molar-refractivity contribution in [3.63, 3.8) is 0 Å². The third kappa shape index (κ3) is 2.38. The van der Waals surface area contributed by atoms with Gasteiger partial charge in [0.1, 0.15) is 0 Å². The molecule has 0 amide bonds. The monoisotopic (exact) mass is 450 g/mol. The van der Waals surface area contributed by atoms with Crippen LogP contribution in [0.5, 0.6) is 0 Å². The maximum atomic E-state index is 14.2. The summed E-state index contributed by atoms with van der Waals surface area (Å²) in [4.78, 5) is 27.3. The average molecular weight is 451 g/mol. The Kier molecular flexibility index (Phi) is 3.94. The molecule has 3 saturated carbocycles. The molecule has 180 valence electrons. The average Bonchev–Trinajstić information content (AvgIpc) is 3.51. The summed E-state index contributed by atoms with van der Waals surface area (Å²) < 4.78 is 5.96. The molecule has 5 aliphatic carbocycles. The van der Waals surface area contributed by atoms with Crippen LogP contribution in [0.2, 0.25) is 0 Å². The van der Waals surface area contributed by atoms with E-state index >= 15 is 0 Å². The smallest absolute Gasteiger partial charge is 0.209 e. The number of ether oxygens (including phenoxy) is 1. The Morgan fingerprint density at radius 3 is 2.24 bits per heavy atom. The van der Waals surface area contributed by atoms with Gasteiger partial charge >= 0.3 is 0 Å². The van der Waals surface area contributed by atoms with Crippen molar-refractivity contribution in [3.05, 3.63) is 23.2 Å². The predicted molar refractivity (Wildman–Crippen MR) is 129 cm³/mol. The highest BCUT2D eigenvalue weighted by Gasteiger charge is 2.73. The molecule has 0 radical (unpaired) electrons. The van der Waals surface area contributed by atoms with Gasteiger partial charge in [-0.25, -0.2) is 0 Å². The number of rotatable bonds is 0. The first-order valence-corrected chi connectivity index (χ1v) is 13.4. The normalized spacial score (nSPS) is 51.3. The van der Waals surface area contributed by atoms with Gasteiger partial charge in [-0.1, -0.05) is 48.5 Å². The van der Waals surface area contributed by atoms with Gasteiger partial charge in [-0.15, -0.1) is 0 Å². The van der Waals surface area contributed by atoms with Crippen molar-refractivity contribution in [2.24, 2.45) is 50.2 Å². The van der Waals surface area contributed by atoms with Crippen molar-refractivity contribution in [3.8, 4) is 0 Å². The number of Topliss-reactive ketones (excluding diaryl/α,β-unsaturated/α-hetero) is 1. The summed E-state index contributed by atoms with van der Waals surface area (Å²) in [7, 11) is 0. The minimum atomic E-state index is -0.453. The summed E-state index contributed by atoms with van der Waals surface area (Å²) in [6, 6.07) is 0. The molecule has 6 aliphatic rings. The standard InChI is InChI=1S/C30H42O3/c1-25(2)11-12-27(5)13-14-29(7)21(17(27)16-25)18(31)15-20-28(29,6)10-9-19-26(3,4)23(32)22-24(33-22)30(19,20)8/h15,17,19,21H,9-14,16H2,1-8H3/t17-,19-,21-,27+,28+,29+,30-/m0/s1. The molecule has 3 heteroatoms. The molecule has 0 aromatic rings. The number of carbonyl (C=O) groups excluding carboxylic acids is 2. The van der Waals surface area contributed by atoms with Crippen molar-refractivity contribution in [1.29, 1.82) is 0 Å². The lowest BCUT2D eigenvalue weighted by atomic mass is 9.34. The first-order valence-electron chi connectivity index (χ1n) is 13.4. The van der Waals surface area contributed by atoms with Crippen molar-refractivity contribution in [2.45, 2.75) is 100 Å². The summed E-state index contributed by atoms with van der Waals surface area (Å²) in [5.74, 6) is 2.75. The second kappa shape index (κ2) is 5.88. The highest BCUT2D eigenvalue weighted by Crippen LogP contribution is 2.76. The fraction of sp³-hybridized carbons (Fsp3) is 0.800. The van der Waals surface area contributed by atoms with Crippen LogP contribution in [-0.2, 0) is 14.3 Å². The fourth-order valence-electron chi connectivity index (χ4n) is 9.99. The summed E-state index contributed by atoms with van der Waals surface area (Å²) in [6.45, 7) is 18.7. The van der Waals surface area contributed by atoms with E-state index in [1.807, 2.05) is 0 Å². The van der Waals surface area contributed by atoms with Crippen LogP contribution in [0.3, 0.4) is 0 Å². The van der Waals surface area contributed by atoms with Gasteiger partial charge in [0.2, 0.25) is 11.5 Å². The van der Waals surface area contributed by atoms with Gasteiger partial charge in [-0.2, -0.15) is 0 Å². The van der Waals surface area contributed by atoms with Gasteiger partial charge < -0.3 is 4.74 Å². The maximum absolute atomic E-state index is 14.2. The highest BCUT2D eigenvalue weighted by molar-refractivity contribution is 6.03. The number of fused-ring (bicyclic) bond motifs is 8. The quantitative estimate of drug-likeness (QED) is 0.398. The van der Waals surface area contributed by atoms with Crippen molar-refractivity contribution in [1.82, 2.24) is 0 Å². The lowest BCUT2D eigenvalue weighted by molar-refractivity contribution is -0.168. The Balaban J connectivity index is 1.52. The molecule has 3 nitrogen and oxygen atoms in total. The van der Waals surface area contributed by atoms with Crippen LogP contribution in [0.15, 0.2) is 23.2 Å². The summed E-state index contributed by atoms with van der Waals surface area (Å²) >= 11 is 0. The maximum Gasteiger partial charge on any atom is 0.209 e. The zero-order valence-corrected chi connectivity index (χ0v) is 22.0. The minimum Gasteiger partial charge on any atom is -0.449 e. The lowest BCUT2D eigenvalue weighted by Gasteiger charge is -2.68. The van der Waals surface area contributed by atoms with Gasteiger partial charge in [-0.05, 0) is 97.0 Å². The molecule has 0 spiro atoms. The number of allylic oxidation sites excluding steroid dienone is 3. The zero-order valence-electron chi connectivity index (χ0n) is 22.0. The highest BCUT2D eigenvalue weighted by atomic mass is 16.6. The second-order valence-corrected chi connectivity index (χ2v) is 14.9. The lowest BCUT2D eigenvalue weighted by Crippen LogP contribution is -2.64. The van der Waals surface area contributed by atoms with Crippen molar-refractivity contribution in [2.75, 3.05) is 0 Å². The van der Waals surface area contributed by atoms with Crippen LogP contribution >= 0.6 is 0 Å². The molecular weight excluding hydrogens is 408 g/mol. The van der Waals surface area contributed by atoms with Crippen LogP contribution in [0.4, 0.5) is 0 Å². The molecule has 1 aliphatic heterocycles. The van der Waals surface area contributed by atoms with E-state index < -0.39 is 5.41 Å². The number of ketones is 2. The second-order valence-electron chi connectivity index (χ2n) is 14.9. The van der Waals surface area contributed by atoms with Gasteiger partial charge in [0, 0.05) is 11.3 Å². The van der Waals surface area contributed by atoms with E-state index in [-0.39, 0.29) is 39.3 Å². The Morgan fingerprint density at radius 2 is 1.55 bits per heavy atom. The molecule has 0 aromatic heterocycles. The van der Waals surface area contributed by atoms with E-state index in [9.17, 15) is 9.59 Å². The molecule has 7 atom stereocenters. The summed E-state index contributed by atoms with van der Waals surface area (Å²) in [6.07, 6.45) is 10.2. The molecule has 0 N–H and O–H groups in total. The van der Waals surface area contributed by atoms with Crippen LogP contribution in [0, 0.1) is 50.2 Å². The van der Waals surface area contributed by atoms with E-state index in [0.717, 1.165) is 31.4 Å². The third-order valence-electron chi connectivity index (χ3n) is 12.5. The topological polar surface area (TPSA) is 46.7 Å². The predicted octanol–water partition coefficient (Wildman–Crippen LogP) is 7.02. The number of hydrogen-bond donors (Lipinski definition) is 0. The first-order chi connectivity index (χ1) is 15.1. The number of hydrogen-bond acceptors (Lipinski definition) is 3. The Hall–Kier alpha value is -1.38. The van der Waals surface area contributed by atoms with E-state index in [2.05, 4.69) is 61.5 Å². The molecule has 0 bridgehead atoms. The molecule has 0 aromatic carbocycles. The molecule has 6 rings (SSSR count). The number of carbonyl (C=O) groups is 2. The van der Waals surface area contributed by atoms with Crippen molar-refractivity contribution >= 4 is 11.6 Å². The van der Waals surface area contributed by atoms with E-state index in [4.69, 9.17) is 4.74 Å². The largest absolute Gasteiger partial charge is 0.449 e. The van der Waals surface area contributed by atoms with Crippen LogP contribution < -0.4 is 0 Å². The molecule has 0 saturated heterocycles. The van der Waals surface area contributed by atoms with Gasteiger partial charge in [0.15, 0.2) is 11.5 Å². The van der Waals surface area contributed by atoms with Gasteiger partial charge in [0.05, 0.1) is 5.41 Å². The van der Waals surface area contributed by atoms with E-state index in [0.29, 0.717) is 22.9 Å². The minimum absolute atomic E-state index is 0.0407. The summed E-state index contributed by atoms with van der Waals surface area (Å²) in [5.41, 5.74) is 1.00. The molecule has 0 unspecified atom stereocenters. The molecule has 3 fully saturated rings. The van der Waals surface area contributed by atoms with Crippen LogP contribution in [0.1, 0.15) is 100 Å². The summed E-state index contributed by atoms with van der Waals surface area (Å²) in [5, 5.41) is 0. The Labute approximate surface area is 199 Å². The molecular formula is C30H42O3. The van der Waals surface area contributed by atoms with Gasteiger partial charge in [0.25, 0.3) is 0 Å². The Morgan fingerprint density at radius 1 is 0.879 bits per heavy atom. The molecule has 33 heavy (non-hydrogen) atoms. The van der Waals surface area contributed by atoms with Crippen LogP contribution in [-0.4, -0.2) is 11.6 Å². The van der Waals surface area contributed by atoms with Crippen molar-refractivity contribution < 1.29 is 14.3 Å². The SMILES string of the molecule is CC1(C)CC[C@]2(C)CC[C@]3(C)[C@H](C(=O)C=C4[C@@]5(C)C6=C(O6)C(=O)C(C)(C)[C@@H]5CC[C@]43C)[C@@H]2C1. The van der Waals surface area contributed by atoms with E-state index in [1.165, 1.54) is 24.8 Å². The first kappa shape index (κ1) is 22.1.